The van der Waals surface area contributed by atoms with Gasteiger partial charge in [-0.3, -0.25) is 0 Å². The summed E-state index contributed by atoms with van der Waals surface area (Å²) in [7, 11) is 1.76. The van der Waals surface area contributed by atoms with E-state index >= 15 is 0 Å². The van der Waals surface area contributed by atoms with E-state index in [0.717, 1.165) is 5.75 Å². The first kappa shape index (κ1) is 12.2. The molecule has 0 spiro atoms. The maximum atomic E-state index is 5.72. The Morgan fingerprint density at radius 3 is 2.10 bits per heavy atom. The number of rotatable bonds is 1. The first-order valence-corrected chi connectivity index (χ1v) is 7.18. The molecular weight excluding hydrogens is 256 g/mol. The Labute approximate surface area is 123 Å². The van der Waals surface area contributed by atoms with Gasteiger partial charge in [-0.25, -0.2) is 0 Å². The molecule has 0 atom stereocenters. The Morgan fingerprint density at radius 1 is 0.667 bits per heavy atom. The standard InChI is InChI=1S/C20H16O/c1-13-19-15-8-4-3-7-14(15)11-12-17(19)16-9-5-6-10-18(16)20(13)21-2/h3-12H,1-2H3. The number of methoxy groups -OCH3 is 1. The van der Waals surface area contributed by atoms with Crippen LogP contribution in [0, 0.1) is 6.92 Å². The first-order valence-electron chi connectivity index (χ1n) is 7.18. The van der Waals surface area contributed by atoms with E-state index in [1.165, 1.54) is 37.9 Å². The van der Waals surface area contributed by atoms with Crippen molar-refractivity contribution in [3.8, 4) is 5.75 Å². The molecular formula is C20H16O. The van der Waals surface area contributed by atoms with Gasteiger partial charge in [0.2, 0.25) is 0 Å². The second-order valence-corrected chi connectivity index (χ2v) is 5.41. The summed E-state index contributed by atoms with van der Waals surface area (Å²) in [5.41, 5.74) is 1.21. The summed E-state index contributed by atoms with van der Waals surface area (Å²) in [5.74, 6) is 0.981. The fourth-order valence-electron chi connectivity index (χ4n) is 3.39. The Hall–Kier alpha value is -2.54. The third-order valence-electron chi connectivity index (χ3n) is 4.31. The van der Waals surface area contributed by atoms with Crippen molar-refractivity contribution < 1.29 is 4.74 Å². The molecule has 0 unspecified atom stereocenters. The van der Waals surface area contributed by atoms with Crippen molar-refractivity contribution in [2.45, 2.75) is 6.92 Å². The normalized spacial score (nSPS) is 11.3. The summed E-state index contributed by atoms with van der Waals surface area (Å²) >= 11 is 0. The average molecular weight is 272 g/mol. The molecule has 0 radical (unpaired) electrons. The first-order chi connectivity index (χ1) is 10.3. The molecule has 21 heavy (non-hydrogen) atoms. The van der Waals surface area contributed by atoms with Crippen molar-refractivity contribution in [2.24, 2.45) is 0 Å². The van der Waals surface area contributed by atoms with Gasteiger partial charge in [0.1, 0.15) is 5.75 Å². The van der Waals surface area contributed by atoms with E-state index in [4.69, 9.17) is 4.74 Å². The van der Waals surface area contributed by atoms with Crippen molar-refractivity contribution in [2.75, 3.05) is 7.11 Å². The van der Waals surface area contributed by atoms with E-state index in [1.807, 2.05) is 0 Å². The molecule has 0 N–H and O–H groups in total. The molecule has 0 aromatic heterocycles. The van der Waals surface area contributed by atoms with E-state index in [0.29, 0.717) is 0 Å². The molecule has 0 heterocycles. The van der Waals surface area contributed by atoms with Crippen LogP contribution in [0.15, 0.2) is 60.7 Å². The minimum atomic E-state index is 0.981. The summed E-state index contributed by atoms with van der Waals surface area (Å²) in [6, 6.07) is 21.4. The number of hydrogen-bond acceptors (Lipinski definition) is 1. The Bertz CT molecular complexity index is 983. The molecule has 0 saturated heterocycles. The van der Waals surface area contributed by atoms with E-state index in [9.17, 15) is 0 Å². The van der Waals surface area contributed by atoms with Gasteiger partial charge >= 0.3 is 0 Å². The molecule has 4 aromatic carbocycles. The van der Waals surface area contributed by atoms with Crippen LogP contribution < -0.4 is 4.74 Å². The SMILES string of the molecule is COc1c(C)c2c3ccccc3ccc2c2ccccc12. The Kier molecular flexibility index (Phi) is 2.61. The number of ether oxygens (including phenoxy) is 1. The largest absolute Gasteiger partial charge is 0.496 e. The predicted molar refractivity (Wildman–Crippen MR) is 90.2 cm³/mol. The molecule has 1 nitrogen and oxygen atoms in total. The van der Waals surface area contributed by atoms with E-state index in [-0.39, 0.29) is 0 Å². The number of hydrogen-bond donors (Lipinski definition) is 0. The van der Waals surface area contributed by atoms with Crippen LogP contribution in [0.25, 0.3) is 32.3 Å². The maximum Gasteiger partial charge on any atom is 0.130 e. The van der Waals surface area contributed by atoms with Gasteiger partial charge in [0.05, 0.1) is 7.11 Å². The lowest BCUT2D eigenvalue weighted by atomic mass is 9.93. The van der Waals surface area contributed by atoms with Crippen molar-refractivity contribution in [1.82, 2.24) is 0 Å². The highest BCUT2D eigenvalue weighted by molar-refractivity contribution is 6.20. The molecule has 4 rings (SSSR count). The van der Waals surface area contributed by atoms with Crippen LogP contribution in [0.4, 0.5) is 0 Å². The van der Waals surface area contributed by atoms with Gasteiger partial charge in [0, 0.05) is 10.9 Å². The van der Waals surface area contributed by atoms with E-state index in [2.05, 4.69) is 67.6 Å². The molecule has 0 aliphatic rings. The maximum absolute atomic E-state index is 5.72. The highest BCUT2D eigenvalue weighted by atomic mass is 16.5. The fraction of sp³-hybridized carbons (Fsp3) is 0.100. The summed E-state index contributed by atoms with van der Waals surface area (Å²) in [4.78, 5) is 0. The number of benzene rings is 4. The third kappa shape index (κ3) is 1.64. The van der Waals surface area contributed by atoms with Crippen molar-refractivity contribution in [3.05, 3.63) is 66.2 Å². The molecule has 0 fully saturated rings. The van der Waals surface area contributed by atoms with Gasteiger partial charge in [-0.1, -0.05) is 60.7 Å². The van der Waals surface area contributed by atoms with Gasteiger partial charge in [0.25, 0.3) is 0 Å². The van der Waals surface area contributed by atoms with Crippen LogP contribution in [-0.4, -0.2) is 7.11 Å². The van der Waals surface area contributed by atoms with Crippen molar-refractivity contribution in [1.29, 1.82) is 0 Å². The summed E-state index contributed by atoms with van der Waals surface area (Å²) in [6.45, 7) is 2.15. The second kappa shape index (κ2) is 4.49. The fourth-order valence-corrected chi connectivity index (χ4v) is 3.39. The second-order valence-electron chi connectivity index (χ2n) is 5.41. The van der Waals surface area contributed by atoms with Crippen LogP contribution in [0.2, 0.25) is 0 Å². The van der Waals surface area contributed by atoms with Crippen LogP contribution in [0.5, 0.6) is 5.75 Å². The summed E-state index contributed by atoms with van der Waals surface area (Å²) in [5, 5.41) is 7.58. The highest BCUT2D eigenvalue weighted by Gasteiger charge is 2.13. The van der Waals surface area contributed by atoms with Gasteiger partial charge in [0.15, 0.2) is 0 Å². The molecule has 1 heteroatoms. The Morgan fingerprint density at radius 2 is 1.33 bits per heavy atom. The average Bonchev–Trinajstić information content (AvgIpc) is 2.54. The van der Waals surface area contributed by atoms with Crippen molar-refractivity contribution >= 4 is 32.3 Å². The molecule has 0 aliphatic carbocycles. The number of aryl methyl sites for hydroxylation is 1. The van der Waals surface area contributed by atoms with Gasteiger partial charge in [-0.2, -0.15) is 0 Å². The smallest absolute Gasteiger partial charge is 0.130 e. The van der Waals surface area contributed by atoms with E-state index < -0.39 is 0 Å². The van der Waals surface area contributed by atoms with Crippen LogP contribution in [-0.2, 0) is 0 Å². The molecule has 102 valence electrons. The quantitative estimate of drug-likeness (QED) is 0.418. The van der Waals surface area contributed by atoms with Gasteiger partial charge in [-0.05, 0) is 33.9 Å². The predicted octanol–water partition coefficient (Wildman–Crippen LogP) is 5.46. The molecule has 4 aromatic rings. The minimum Gasteiger partial charge on any atom is -0.496 e. The zero-order valence-electron chi connectivity index (χ0n) is 12.2. The molecule has 0 amide bonds. The third-order valence-corrected chi connectivity index (χ3v) is 4.31. The lowest BCUT2D eigenvalue weighted by molar-refractivity contribution is 0.417. The highest BCUT2D eigenvalue weighted by Crippen LogP contribution is 2.40. The van der Waals surface area contributed by atoms with Crippen LogP contribution >= 0.6 is 0 Å². The molecule has 0 aliphatic heterocycles. The lowest BCUT2D eigenvalue weighted by Crippen LogP contribution is -1.92. The van der Waals surface area contributed by atoms with Crippen LogP contribution in [0.1, 0.15) is 5.56 Å². The topological polar surface area (TPSA) is 9.23 Å². The minimum absolute atomic E-state index is 0.981. The van der Waals surface area contributed by atoms with Gasteiger partial charge < -0.3 is 4.74 Å². The zero-order valence-corrected chi connectivity index (χ0v) is 12.2. The van der Waals surface area contributed by atoms with Gasteiger partial charge in [-0.15, -0.1) is 0 Å². The van der Waals surface area contributed by atoms with E-state index in [1.54, 1.807) is 7.11 Å². The summed E-state index contributed by atoms with van der Waals surface area (Å²) < 4.78 is 5.72. The Balaban J connectivity index is 2.37. The lowest BCUT2D eigenvalue weighted by Gasteiger charge is -2.15. The van der Waals surface area contributed by atoms with Crippen LogP contribution in [0.3, 0.4) is 0 Å². The molecule has 0 bridgehead atoms. The molecule has 0 saturated carbocycles. The summed E-state index contributed by atoms with van der Waals surface area (Å²) in [6.07, 6.45) is 0. The monoisotopic (exact) mass is 272 g/mol. The number of fused-ring (bicyclic) bond motifs is 5. The zero-order chi connectivity index (χ0) is 14.4. The van der Waals surface area contributed by atoms with Crippen molar-refractivity contribution in [3.63, 3.8) is 0 Å².